The van der Waals surface area contributed by atoms with E-state index in [1.807, 2.05) is 12.1 Å². The number of benzene rings is 1. The number of amides is 1. The molecule has 0 aliphatic carbocycles. The van der Waals surface area contributed by atoms with Crippen molar-refractivity contribution in [2.45, 2.75) is 32.7 Å². The van der Waals surface area contributed by atoms with Crippen LogP contribution in [-0.2, 0) is 0 Å². The normalized spacial score (nSPS) is 34.1. The first-order valence-electron chi connectivity index (χ1n) is 8.21. The van der Waals surface area contributed by atoms with Crippen LogP contribution >= 0.6 is 0 Å². The van der Waals surface area contributed by atoms with Crippen molar-refractivity contribution in [1.82, 2.24) is 9.80 Å². The van der Waals surface area contributed by atoms with Gasteiger partial charge in [-0.15, -0.1) is 0 Å². The van der Waals surface area contributed by atoms with Crippen LogP contribution in [0.25, 0.3) is 0 Å². The van der Waals surface area contributed by atoms with Gasteiger partial charge in [-0.25, -0.2) is 0 Å². The van der Waals surface area contributed by atoms with Gasteiger partial charge in [0.1, 0.15) is 0 Å². The van der Waals surface area contributed by atoms with Crippen LogP contribution in [0.2, 0.25) is 0 Å². The standard InChI is InChI=1S/C18H24N2O/c1-12-4-3-5-17(13(12)2)18(21)20-10-15-6-14-7-16(20)11-19(8-14)9-15/h3-5,14-16H,6-11H2,1-2H3. The van der Waals surface area contributed by atoms with Gasteiger partial charge in [-0.05, 0) is 55.7 Å². The van der Waals surface area contributed by atoms with Gasteiger partial charge in [-0.2, -0.15) is 0 Å². The van der Waals surface area contributed by atoms with Gasteiger partial charge in [0.25, 0.3) is 5.91 Å². The molecular formula is C18H24N2O. The maximum atomic E-state index is 13.1. The number of nitrogens with zero attached hydrogens (tertiary/aromatic N) is 2. The summed E-state index contributed by atoms with van der Waals surface area (Å²) in [6, 6.07) is 6.54. The fourth-order valence-electron chi connectivity index (χ4n) is 4.67. The minimum absolute atomic E-state index is 0.260. The van der Waals surface area contributed by atoms with Gasteiger partial charge in [0.15, 0.2) is 0 Å². The number of hydrogen-bond donors (Lipinski definition) is 0. The van der Waals surface area contributed by atoms with E-state index in [0.717, 1.165) is 30.1 Å². The quantitative estimate of drug-likeness (QED) is 0.791. The molecule has 4 heterocycles. The smallest absolute Gasteiger partial charge is 0.254 e. The SMILES string of the molecule is Cc1cccc(C(=O)N2CC3CC4CC2CN(C4)C3)c1C. The summed E-state index contributed by atoms with van der Waals surface area (Å²) in [4.78, 5) is 17.9. The minimum atomic E-state index is 0.260. The predicted molar refractivity (Wildman–Crippen MR) is 83.4 cm³/mol. The summed E-state index contributed by atoms with van der Waals surface area (Å²) in [5, 5.41) is 0. The van der Waals surface area contributed by atoms with Gasteiger partial charge in [0.05, 0.1) is 0 Å². The van der Waals surface area contributed by atoms with Gasteiger partial charge >= 0.3 is 0 Å². The van der Waals surface area contributed by atoms with E-state index in [0.29, 0.717) is 12.0 Å². The van der Waals surface area contributed by atoms with E-state index in [2.05, 4.69) is 29.7 Å². The van der Waals surface area contributed by atoms with E-state index in [4.69, 9.17) is 0 Å². The van der Waals surface area contributed by atoms with Crippen molar-refractivity contribution in [3.63, 3.8) is 0 Å². The molecule has 0 spiro atoms. The van der Waals surface area contributed by atoms with E-state index in [9.17, 15) is 4.79 Å². The van der Waals surface area contributed by atoms with E-state index >= 15 is 0 Å². The Morgan fingerprint density at radius 1 is 1.05 bits per heavy atom. The van der Waals surface area contributed by atoms with Crippen molar-refractivity contribution in [2.75, 3.05) is 26.2 Å². The zero-order valence-corrected chi connectivity index (χ0v) is 13.0. The molecule has 1 aromatic rings. The highest BCUT2D eigenvalue weighted by molar-refractivity contribution is 5.96. The Morgan fingerprint density at radius 3 is 2.67 bits per heavy atom. The second-order valence-corrected chi connectivity index (χ2v) is 7.28. The second-order valence-electron chi connectivity index (χ2n) is 7.28. The van der Waals surface area contributed by atoms with E-state index in [-0.39, 0.29) is 5.91 Å². The molecule has 112 valence electrons. The molecule has 0 N–H and O–H groups in total. The summed E-state index contributed by atoms with van der Waals surface area (Å²) >= 11 is 0. The van der Waals surface area contributed by atoms with Crippen LogP contribution < -0.4 is 0 Å². The van der Waals surface area contributed by atoms with Gasteiger partial charge in [-0.1, -0.05) is 12.1 Å². The molecule has 4 saturated heterocycles. The zero-order valence-electron chi connectivity index (χ0n) is 13.0. The van der Waals surface area contributed by atoms with Gasteiger partial charge in [0, 0.05) is 37.8 Å². The average molecular weight is 284 g/mol. The fraction of sp³-hybridized carbons (Fsp3) is 0.611. The topological polar surface area (TPSA) is 23.6 Å². The van der Waals surface area contributed by atoms with Crippen LogP contribution in [0.5, 0.6) is 0 Å². The zero-order chi connectivity index (χ0) is 14.6. The molecule has 4 aliphatic rings. The molecule has 4 unspecified atom stereocenters. The number of rotatable bonds is 1. The van der Waals surface area contributed by atoms with Crippen LogP contribution in [0.3, 0.4) is 0 Å². The van der Waals surface area contributed by atoms with Crippen molar-refractivity contribution in [1.29, 1.82) is 0 Å². The Labute approximate surface area is 126 Å². The number of piperidine rings is 2. The van der Waals surface area contributed by atoms with Crippen molar-refractivity contribution < 1.29 is 4.79 Å². The highest BCUT2D eigenvalue weighted by Crippen LogP contribution is 2.37. The monoisotopic (exact) mass is 284 g/mol. The molecule has 5 rings (SSSR count). The summed E-state index contributed by atoms with van der Waals surface area (Å²) < 4.78 is 0. The highest BCUT2D eigenvalue weighted by Gasteiger charge is 2.43. The minimum Gasteiger partial charge on any atom is -0.334 e. The first kappa shape index (κ1) is 13.3. The molecule has 0 saturated carbocycles. The van der Waals surface area contributed by atoms with Crippen molar-refractivity contribution in [2.24, 2.45) is 11.8 Å². The van der Waals surface area contributed by atoms with Crippen LogP contribution in [0.1, 0.15) is 34.3 Å². The van der Waals surface area contributed by atoms with Crippen LogP contribution in [0.4, 0.5) is 0 Å². The molecule has 21 heavy (non-hydrogen) atoms. The lowest BCUT2D eigenvalue weighted by Gasteiger charge is -2.41. The Morgan fingerprint density at radius 2 is 1.86 bits per heavy atom. The summed E-state index contributed by atoms with van der Waals surface area (Å²) in [6.07, 6.45) is 2.53. The molecular weight excluding hydrogens is 260 g/mol. The molecule has 4 aliphatic heterocycles. The molecule has 0 aromatic heterocycles. The summed E-state index contributed by atoms with van der Waals surface area (Å²) in [5.74, 6) is 1.76. The van der Waals surface area contributed by atoms with E-state index in [1.165, 1.54) is 31.5 Å². The lowest BCUT2D eigenvalue weighted by atomic mass is 9.84. The third-order valence-electron chi connectivity index (χ3n) is 5.77. The van der Waals surface area contributed by atoms with Crippen LogP contribution in [0.15, 0.2) is 18.2 Å². The number of carbonyl (C=O) groups is 1. The number of aryl methyl sites for hydroxylation is 1. The Hall–Kier alpha value is -1.35. The Balaban J connectivity index is 1.66. The van der Waals surface area contributed by atoms with Crippen LogP contribution in [0, 0.1) is 25.7 Å². The Kier molecular flexibility index (Phi) is 3.07. The van der Waals surface area contributed by atoms with Crippen molar-refractivity contribution in [3.05, 3.63) is 34.9 Å². The molecule has 3 heteroatoms. The maximum Gasteiger partial charge on any atom is 0.254 e. The Bertz CT molecular complexity index is 569. The van der Waals surface area contributed by atoms with E-state index < -0.39 is 0 Å². The van der Waals surface area contributed by atoms with Gasteiger partial charge in [-0.3, -0.25) is 4.79 Å². The third kappa shape index (κ3) is 2.18. The van der Waals surface area contributed by atoms with Crippen molar-refractivity contribution >= 4 is 5.91 Å². The molecule has 4 fully saturated rings. The number of carbonyl (C=O) groups excluding carboxylic acids is 1. The van der Waals surface area contributed by atoms with Crippen LogP contribution in [-0.4, -0.2) is 47.9 Å². The first-order chi connectivity index (χ1) is 10.1. The third-order valence-corrected chi connectivity index (χ3v) is 5.77. The lowest BCUT2D eigenvalue weighted by molar-refractivity contribution is 0.0573. The highest BCUT2D eigenvalue weighted by atomic mass is 16.2. The van der Waals surface area contributed by atoms with Gasteiger partial charge in [0.2, 0.25) is 0 Å². The number of fused-ring (bicyclic) bond motifs is 1. The fourth-order valence-corrected chi connectivity index (χ4v) is 4.67. The maximum absolute atomic E-state index is 13.1. The molecule has 1 aromatic carbocycles. The molecule has 4 atom stereocenters. The number of hydrogen-bond acceptors (Lipinski definition) is 2. The molecule has 0 radical (unpaired) electrons. The largest absolute Gasteiger partial charge is 0.334 e. The van der Waals surface area contributed by atoms with Gasteiger partial charge < -0.3 is 9.80 Å². The summed E-state index contributed by atoms with van der Waals surface area (Å²) in [6.45, 7) is 8.68. The van der Waals surface area contributed by atoms with Crippen molar-refractivity contribution in [3.8, 4) is 0 Å². The first-order valence-corrected chi connectivity index (χ1v) is 8.21. The summed E-state index contributed by atoms with van der Waals surface area (Å²) in [7, 11) is 0. The van der Waals surface area contributed by atoms with E-state index in [1.54, 1.807) is 0 Å². The summed E-state index contributed by atoms with van der Waals surface area (Å²) in [5.41, 5.74) is 3.27. The average Bonchev–Trinajstić information content (AvgIpc) is 2.65. The lowest BCUT2D eigenvalue weighted by Crippen LogP contribution is -2.50. The molecule has 3 nitrogen and oxygen atoms in total. The molecule has 4 bridgehead atoms. The second kappa shape index (κ2) is 4.84. The molecule has 1 amide bonds. The predicted octanol–water partition coefficient (Wildman–Crippen LogP) is 2.47.